The summed E-state index contributed by atoms with van der Waals surface area (Å²) in [5, 5.41) is 0.944. The van der Waals surface area contributed by atoms with Crippen molar-refractivity contribution in [2.45, 2.75) is 11.0 Å². The molecular formula is C16H16N2O4S. The third kappa shape index (κ3) is 3.42. The van der Waals surface area contributed by atoms with E-state index in [0.29, 0.717) is 5.76 Å². The Morgan fingerprint density at radius 2 is 2.09 bits per heavy atom. The summed E-state index contributed by atoms with van der Waals surface area (Å²) in [5.74, 6) is 0.572. The summed E-state index contributed by atoms with van der Waals surface area (Å²) in [7, 11) is -2.13. The van der Waals surface area contributed by atoms with Crippen molar-refractivity contribution in [2.24, 2.45) is 0 Å². The maximum atomic E-state index is 12.2. The number of sulfonamides is 1. The van der Waals surface area contributed by atoms with Crippen molar-refractivity contribution in [3.05, 3.63) is 60.6 Å². The van der Waals surface area contributed by atoms with Gasteiger partial charge >= 0.3 is 0 Å². The molecule has 0 bridgehead atoms. The summed E-state index contributed by atoms with van der Waals surface area (Å²) in [6, 6.07) is 12.5. The zero-order valence-corrected chi connectivity index (χ0v) is 13.3. The quantitative estimate of drug-likeness (QED) is 0.750. The van der Waals surface area contributed by atoms with E-state index in [2.05, 4.69) is 9.71 Å². The highest BCUT2D eigenvalue weighted by atomic mass is 32.2. The molecule has 0 aliphatic carbocycles. The number of nitrogens with one attached hydrogen (secondary N) is 1. The van der Waals surface area contributed by atoms with Gasteiger partial charge in [-0.2, -0.15) is 0 Å². The van der Waals surface area contributed by atoms with E-state index in [-0.39, 0.29) is 11.4 Å². The summed E-state index contributed by atoms with van der Waals surface area (Å²) in [5.41, 5.74) is 0.736. The molecule has 0 radical (unpaired) electrons. The highest BCUT2D eigenvalue weighted by molar-refractivity contribution is 7.89. The number of benzene rings is 1. The lowest BCUT2D eigenvalue weighted by molar-refractivity contribution is 0.0893. The standard InChI is InChI=1S/C16H16N2O4S/c1-21-16(15-9-12-5-2-3-7-14(12)22-15)11-18-23(19,20)13-6-4-8-17-10-13/h2-10,16,18H,11H2,1H3/t16-/m0/s1. The van der Waals surface area contributed by atoms with Crippen molar-refractivity contribution in [3.8, 4) is 0 Å². The minimum atomic E-state index is -3.64. The topological polar surface area (TPSA) is 81.4 Å². The highest BCUT2D eigenvalue weighted by Crippen LogP contribution is 2.25. The van der Waals surface area contributed by atoms with Gasteiger partial charge in [0.15, 0.2) is 0 Å². The van der Waals surface area contributed by atoms with Crippen molar-refractivity contribution < 1.29 is 17.6 Å². The number of aromatic nitrogens is 1. The molecule has 3 rings (SSSR count). The lowest BCUT2D eigenvalue weighted by atomic mass is 10.2. The van der Waals surface area contributed by atoms with Crippen LogP contribution in [0.2, 0.25) is 0 Å². The molecule has 23 heavy (non-hydrogen) atoms. The molecule has 1 aromatic carbocycles. The number of pyridine rings is 1. The number of hydrogen-bond donors (Lipinski definition) is 1. The molecular weight excluding hydrogens is 316 g/mol. The smallest absolute Gasteiger partial charge is 0.242 e. The minimum Gasteiger partial charge on any atom is -0.458 e. The van der Waals surface area contributed by atoms with E-state index < -0.39 is 16.1 Å². The lowest BCUT2D eigenvalue weighted by Gasteiger charge is -2.13. The number of para-hydroxylation sites is 1. The van der Waals surface area contributed by atoms with Gasteiger partial charge in [-0.15, -0.1) is 0 Å². The van der Waals surface area contributed by atoms with Crippen molar-refractivity contribution in [1.29, 1.82) is 0 Å². The largest absolute Gasteiger partial charge is 0.458 e. The molecule has 0 fully saturated rings. The average Bonchev–Trinajstić information content (AvgIpc) is 3.00. The minimum absolute atomic E-state index is 0.0630. The van der Waals surface area contributed by atoms with Gasteiger partial charge in [0, 0.05) is 31.4 Å². The monoisotopic (exact) mass is 332 g/mol. The molecule has 0 aliphatic rings. The van der Waals surface area contributed by atoms with Crippen LogP contribution in [0.4, 0.5) is 0 Å². The molecule has 0 spiro atoms. The van der Waals surface area contributed by atoms with E-state index in [4.69, 9.17) is 9.15 Å². The van der Waals surface area contributed by atoms with Gasteiger partial charge in [-0.25, -0.2) is 13.1 Å². The Hall–Kier alpha value is -2.22. The fourth-order valence-electron chi connectivity index (χ4n) is 2.24. The van der Waals surface area contributed by atoms with Gasteiger partial charge in [0.05, 0.1) is 0 Å². The van der Waals surface area contributed by atoms with Gasteiger partial charge in [-0.1, -0.05) is 18.2 Å². The predicted octanol–water partition coefficient (Wildman–Crippen LogP) is 2.49. The van der Waals surface area contributed by atoms with Crippen molar-refractivity contribution in [2.75, 3.05) is 13.7 Å². The number of nitrogens with zero attached hydrogens (tertiary/aromatic N) is 1. The summed E-state index contributed by atoms with van der Waals surface area (Å²) >= 11 is 0. The maximum Gasteiger partial charge on any atom is 0.242 e. The van der Waals surface area contributed by atoms with E-state index in [0.717, 1.165) is 11.0 Å². The van der Waals surface area contributed by atoms with E-state index >= 15 is 0 Å². The van der Waals surface area contributed by atoms with Gasteiger partial charge < -0.3 is 9.15 Å². The van der Waals surface area contributed by atoms with Crippen molar-refractivity contribution in [1.82, 2.24) is 9.71 Å². The highest BCUT2D eigenvalue weighted by Gasteiger charge is 2.20. The Morgan fingerprint density at radius 3 is 2.78 bits per heavy atom. The first kappa shape index (κ1) is 15.7. The van der Waals surface area contributed by atoms with Crippen LogP contribution in [-0.2, 0) is 14.8 Å². The summed E-state index contributed by atoms with van der Waals surface area (Å²) < 4.78 is 38.0. The molecule has 3 aromatic rings. The van der Waals surface area contributed by atoms with E-state index in [1.165, 1.54) is 25.6 Å². The van der Waals surface area contributed by atoms with Crippen LogP contribution in [-0.4, -0.2) is 27.1 Å². The van der Waals surface area contributed by atoms with Crippen LogP contribution in [0.3, 0.4) is 0 Å². The number of furan rings is 1. The van der Waals surface area contributed by atoms with Crippen LogP contribution in [0.5, 0.6) is 0 Å². The van der Waals surface area contributed by atoms with Crippen LogP contribution >= 0.6 is 0 Å². The van der Waals surface area contributed by atoms with E-state index in [9.17, 15) is 8.42 Å². The molecule has 2 aromatic heterocycles. The molecule has 120 valence electrons. The van der Waals surface area contributed by atoms with Crippen LogP contribution < -0.4 is 4.72 Å². The molecule has 0 unspecified atom stereocenters. The van der Waals surface area contributed by atoms with Gasteiger partial charge in [-0.05, 0) is 24.3 Å². The van der Waals surface area contributed by atoms with Crippen LogP contribution in [0.1, 0.15) is 11.9 Å². The van der Waals surface area contributed by atoms with E-state index in [1.54, 1.807) is 6.07 Å². The Balaban J connectivity index is 1.77. The van der Waals surface area contributed by atoms with Gasteiger partial charge in [0.1, 0.15) is 22.3 Å². The number of hydrogen-bond acceptors (Lipinski definition) is 5. The third-order valence-corrected chi connectivity index (χ3v) is 4.86. The molecule has 1 atom stereocenters. The molecule has 7 heteroatoms. The molecule has 0 saturated carbocycles. The molecule has 2 heterocycles. The number of rotatable bonds is 6. The Bertz CT molecular complexity index is 858. The first-order valence-electron chi connectivity index (χ1n) is 7.01. The normalized spacial score (nSPS) is 13.3. The second kappa shape index (κ2) is 6.49. The fourth-order valence-corrected chi connectivity index (χ4v) is 3.23. The summed E-state index contributed by atoms with van der Waals surface area (Å²) in [4.78, 5) is 3.93. The van der Waals surface area contributed by atoms with Crippen LogP contribution in [0.15, 0.2) is 64.2 Å². The number of ether oxygens (including phenoxy) is 1. The second-order valence-corrected chi connectivity index (χ2v) is 6.72. The fraction of sp³-hybridized carbons (Fsp3) is 0.188. The first-order valence-corrected chi connectivity index (χ1v) is 8.49. The molecule has 0 saturated heterocycles. The van der Waals surface area contributed by atoms with Gasteiger partial charge in [0.2, 0.25) is 10.0 Å². The number of fused-ring (bicyclic) bond motifs is 1. The molecule has 6 nitrogen and oxygen atoms in total. The Labute approximate surface area is 134 Å². The van der Waals surface area contributed by atoms with Gasteiger partial charge in [0.25, 0.3) is 0 Å². The second-order valence-electron chi connectivity index (χ2n) is 4.95. The van der Waals surface area contributed by atoms with E-state index in [1.807, 2.05) is 30.3 Å². The van der Waals surface area contributed by atoms with Crippen LogP contribution in [0, 0.1) is 0 Å². The average molecular weight is 332 g/mol. The zero-order valence-electron chi connectivity index (χ0n) is 12.5. The summed E-state index contributed by atoms with van der Waals surface area (Å²) in [6.07, 6.45) is 2.30. The lowest BCUT2D eigenvalue weighted by Crippen LogP contribution is -2.29. The maximum absolute atomic E-state index is 12.2. The SMILES string of the molecule is CO[C@@H](CNS(=O)(=O)c1cccnc1)c1cc2ccccc2o1. The Kier molecular flexibility index (Phi) is 4.42. The zero-order chi connectivity index (χ0) is 16.3. The molecule has 0 amide bonds. The summed E-state index contributed by atoms with van der Waals surface area (Å²) in [6.45, 7) is 0.0630. The first-order chi connectivity index (χ1) is 11.1. The van der Waals surface area contributed by atoms with Crippen molar-refractivity contribution in [3.63, 3.8) is 0 Å². The van der Waals surface area contributed by atoms with Gasteiger partial charge in [-0.3, -0.25) is 4.98 Å². The van der Waals surface area contributed by atoms with Crippen LogP contribution in [0.25, 0.3) is 11.0 Å². The van der Waals surface area contributed by atoms with Crippen molar-refractivity contribution >= 4 is 21.0 Å². The number of methoxy groups -OCH3 is 1. The predicted molar refractivity (Wildman–Crippen MR) is 85.4 cm³/mol. The molecule has 1 N–H and O–H groups in total. The molecule has 0 aliphatic heterocycles. The third-order valence-electron chi connectivity index (χ3n) is 3.45. The Morgan fingerprint density at radius 1 is 1.26 bits per heavy atom.